The summed E-state index contributed by atoms with van der Waals surface area (Å²) in [6.07, 6.45) is 0.457. The lowest BCUT2D eigenvalue weighted by Crippen LogP contribution is -2.19. The van der Waals surface area contributed by atoms with E-state index in [1.54, 1.807) is 0 Å². The lowest BCUT2D eigenvalue weighted by atomic mass is 9.78. The lowest BCUT2D eigenvalue weighted by molar-refractivity contribution is 0.0552. The maximum absolute atomic E-state index is 5.76. The van der Waals surface area contributed by atoms with Crippen molar-refractivity contribution >= 4 is 0 Å². The lowest BCUT2D eigenvalue weighted by Gasteiger charge is -2.26. The summed E-state index contributed by atoms with van der Waals surface area (Å²) in [5.41, 5.74) is 2.36. The van der Waals surface area contributed by atoms with E-state index in [0.29, 0.717) is 26.4 Å². The molecule has 0 radical (unpaired) electrons. The minimum absolute atomic E-state index is 0. The van der Waals surface area contributed by atoms with Gasteiger partial charge in [-0.1, -0.05) is 45.5 Å². The van der Waals surface area contributed by atoms with E-state index in [2.05, 4.69) is 38.1 Å². The Hall–Kier alpha value is -2.04. The van der Waals surface area contributed by atoms with Gasteiger partial charge in [-0.05, 0) is 63.1 Å². The first-order valence-electron chi connectivity index (χ1n) is 10.5. The van der Waals surface area contributed by atoms with Gasteiger partial charge in [0.15, 0.2) is 0 Å². The predicted octanol–water partition coefficient (Wildman–Crippen LogP) is 6.26. The molecular weight excluding hydrogens is 376 g/mol. The summed E-state index contributed by atoms with van der Waals surface area (Å²) >= 11 is 0. The Kier molecular flexibility index (Phi) is 10.9. The Morgan fingerprint density at radius 1 is 0.600 bits per heavy atom. The van der Waals surface area contributed by atoms with E-state index in [0.717, 1.165) is 11.5 Å². The molecule has 0 saturated carbocycles. The molecule has 2 rings (SSSR count). The van der Waals surface area contributed by atoms with E-state index < -0.39 is 0 Å². The van der Waals surface area contributed by atoms with Crippen molar-refractivity contribution in [1.82, 2.24) is 0 Å². The molecule has 0 N–H and O–H groups in total. The van der Waals surface area contributed by atoms with E-state index >= 15 is 0 Å². The first kappa shape index (κ1) is 26.0. The smallest absolute Gasteiger partial charge is 0.119 e. The van der Waals surface area contributed by atoms with Crippen LogP contribution < -0.4 is 9.47 Å². The second-order valence-corrected chi connectivity index (χ2v) is 8.21. The van der Waals surface area contributed by atoms with E-state index in [1.807, 2.05) is 52.0 Å². The molecule has 0 aliphatic carbocycles. The third kappa shape index (κ3) is 8.37. The van der Waals surface area contributed by atoms with Gasteiger partial charge in [-0.25, -0.2) is 0 Å². The molecule has 168 valence electrons. The molecule has 0 aliphatic heterocycles. The van der Waals surface area contributed by atoms with Crippen molar-refractivity contribution in [1.29, 1.82) is 0 Å². The molecule has 0 saturated heterocycles. The van der Waals surface area contributed by atoms with Crippen molar-refractivity contribution in [3.8, 4) is 11.5 Å². The second kappa shape index (κ2) is 12.6. The highest BCUT2D eigenvalue weighted by Crippen LogP contribution is 2.33. The highest BCUT2D eigenvalue weighted by Gasteiger charge is 2.23. The Bertz CT molecular complexity index is 641. The van der Waals surface area contributed by atoms with Gasteiger partial charge in [-0.2, -0.15) is 0 Å². The first-order valence-corrected chi connectivity index (χ1v) is 10.5. The molecule has 2 aromatic rings. The zero-order chi connectivity index (χ0) is 21.3. The fourth-order valence-corrected chi connectivity index (χ4v) is 2.99. The van der Waals surface area contributed by atoms with Gasteiger partial charge in [0, 0.05) is 5.41 Å². The number of hydrogen-bond donors (Lipinski definition) is 0. The average Bonchev–Trinajstić information content (AvgIpc) is 2.69. The summed E-state index contributed by atoms with van der Waals surface area (Å²) in [6, 6.07) is 16.6. The van der Waals surface area contributed by atoms with Crippen LogP contribution in [0.4, 0.5) is 0 Å². The van der Waals surface area contributed by atoms with Crippen LogP contribution in [0, 0.1) is 0 Å². The standard InChI is InChI=1S/C25H36O4.CH4/c1-19(2)26-15-17-28-23-11-7-21(8-12-23)25(5,6)22-9-13-24(14-10-22)29-18-16-27-20(3)4;/h7-14,19-20H,15-18H2,1-6H3;1H4. The third-order valence-corrected chi connectivity index (χ3v) is 4.76. The van der Waals surface area contributed by atoms with Crippen LogP contribution in [-0.2, 0) is 14.9 Å². The van der Waals surface area contributed by atoms with Crippen molar-refractivity contribution in [2.24, 2.45) is 0 Å². The molecule has 0 amide bonds. The molecule has 0 heterocycles. The molecule has 0 bridgehead atoms. The van der Waals surface area contributed by atoms with Crippen molar-refractivity contribution in [2.75, 3.05) is 26.4 Å². The Morgan fingerprint density at radius 2 is 0.933 bits per heavy atom. The molecule has 4 heteroatoms. The molecule has 0 spiro atoms. The van der Waals surface area contributed by atoms with Crippen LogP contribution in [-0.4, -0.2) is 38.6 Å². The number of benzene rings is 2. The summed E-state index contributed by atoms with van der Waals surface area (Å²) in [6.45, 7) is 14.9. The van der Waals surface area contributed by atoms with E-state index in [1.165, 1.54) is 11.1 Å². The normalized spacial score (nSPS) is 11.5. The topological polar surface area (TPSA) is 36.9 Å². The summed E-state index contributed by atoms with van der Waals surface area (Å²) in [4.78, 5) is 0. The molecular formula is C26H40O4. The SMILES string of the molecule is C.CC(C)OCCOc1ccc(C(C)(C)c2ccc(OCCOC(C)C)cc2)cc1. The van der Waals surface area contributed by atoms with Crippen LogP contribution >= 0.6 is 0 Å². The van der Waals surface area contributed by atoms with Crippen LogP contribution in [0.5, 0.6) is 11.5 Å². The van der Waals surface area contributed by atoms with Crippen LogP contribution in [0.1, 0.15) is 60.1 Å². The Labute approximate surface area is 183 Å². The summed E-state index contributed by atoms with van der Waals surface area (Å²) in [7, 11) is 0. The second-order valence-electron chi connectivity index (χ2n) is 8.21. The Balaban J connectivity index is 0.00000450. The molecule has 0 fully saturated rings. The molecule has 0 aromatic heterocycles. The first-order chi connectivity index (χ1) is 13.8. The van der Waals surface area contributed by atoms with Gasteiger partial charge in [0.2, 0.25) is 0 Å². The van der Waals surface area contributed by atoms with E-state index in [-0.39, 0.29) is 25.0 Å². The monoisotopic (exact) mass is 416 g/mol. The fraction of sp³-hybridized carbons (Fsp3) is 0.538. The van der Waals surface area contributed by atoms with Crippen molar-refractivity contribution < 1.29 is 18.9 Å². The maximum atomic E-state index is 5.76. The molecule has 0 aliphatic rings. The Morgan fingerprint density at radius 3 is 1.23 bits per heavy atom. The maximum Gasteiger partial charge on any atom is 0.119 e. The van der Waals surface area contributed by atoms with Crippen molar-refractivity contribution in [3.63, 3.8) is 0 Å². The van der Waals surface area contributed by atoms with Crippen LogP contribution in [0.3, 0.4) is 0 Å². The van der Waals surface area contributed by atoms with Crippen LogP contribution in [0.2, 0.25) is 0 Å². The van der Waals surface area contributed by atoms with Gasteiger partial charge >= 0.3 is 0 Å². The van der Waals surface area contributed by atoms with Crippen molar-refractivity contribution in [2.45, 2.75) is 66.6 Å². The summed E-state index contributed by atoms with van der Waals surface area (Å²) in [5.74, 6) is 1.73. The van der Waals surface area contributed by atoms with Crippen molar-refractivity contribution in [3.05, 3.63) is 59.7 Å². The number of hydrogen-bond acceptors (Lipinski definition) is 4. The predicted molar refractivity (Wildman–Crippen MR) is 125 cm³/mol. The van der Waals surface area contributed by atoms with Crippen LogP contribution in [0.15, 0.2) is 48.5 Å². The summed E-state index contributed by atoms with van der Waals surface area (Å²) < 4.78 is 22.5. The zero-order valence-corrected chi connectivity index (χ0v) is 18.7. The molecule has 0 atom stereocenters. The minimum Gasteiger partial charge on any atom is -0.491 e. The molecule has 4 nitrogen and oxygen atoms in total. The fourth-order valence-electron chi connectivity index (χ4n) is 2.99. The van der Waals surface area contributed by atoms with Crippen LogP contribution in [0.25, 0.3) is 0 Å². The third-order valence-electron chi connectivity index (χ3n) is 4.76. The number of ether oxygens (including phenoxy) is 4. The highest BCUT2D eigenvalue weighted by atomic mass is 16.5. The molecule has 2 aromatic carbocycles. The van der Waals surface area contributed by atoms with E-state index in [4.69, 9.17) is 18.9 Å². The molecule has 30 heavy (non-hydrogen) atoms. The highest BCUT2D eigenvalue weighted by molar-refractivity contribution is 5.41. The largest absolute Gasteiger partial charge is 0.491 e. The van der Waals surface area contributed by atoms with Gasteiger partial charge in [-0.3, -0.25) is 0 Å². The van der Waals surface area contributed by atoms with Gasteiger partial charge in [-0.15, -0.1) is 0 Å². The zero-order valence-electron chi connectivity index (χ0n) is 18.7. The molecule has 0 unspecified atom stereocenters. The number of rotatable bonds is 12. The minimum atomic E-state index is -0.113. The average molecular weight is 417 g/mol. The summed E-state index contributed by atoms with van der Waals surface area (Å²) in [5, 5.41) is 0. The quantitative estimate of drug-likeness (QED) is 0.383. The van der Waals surface area contributed by atoms with Gasteiger partial charge in [0.25, 0.3) is 0 Å². The van der Waals surface area contributed by atoms with Gasteiger partial charge in [0.1, 0.15) is 24.7 Å². The van der Waals surface area contributed by atoms with E-state index in [9.17, 15) is 0 Å². The van der Waals surface area contributed by atoms with Gasteiger partial charge < -0.3 is 18.9 Å². The van der Waals surface area contributed by atoms with Gasteiger partial charge in [0.05, 0.1) is 25.4 Å².